The fourth-order valence-electron chi connectivity index (χ4n) is 3.26. The molecule has 2 heterocycles. The minimum absolute atomic E-state index is 0.110. The molecule has 2 amide bonds. The molecule has 0 atom stereocenters. The normalized spacial score (nSPS) is 12.1. The molecule has 0 bridgehead atoms. The second-order valence-electron chi connectivity index (χ2n) is 8.89. The number of carbonyl (C=O) groups is 2. The van der Waals surface area contributed by atoms with Crippen molar-refractivity contribution in [2.24, 2.45) is 5.41 Å². The number of aliphatic hydroxyl groups is 1. The maximum atomic E-state index is 13.5. The van der Waals surface area contributed by atoms with E-state index in [1.807, 2.05) is 0 Å². The summed E-state index contributed by atoms with van der Waals surface area (Å²) in [6, 6.07) is 5.41. The number of aromatic amines is 1. The van der Waals surface area contributed by atoms with Gasteiger partial charge in [-0.25, -0.2) is 13.8 Å². The Morgan fingerprint density at radius 1 is 1.14 bits per heavy atom. The van der Waals surface area contributed by atoms with E-state index in [0.29, 0.717) is 11.3 Å². The molecule has 1 aromatic carbocycles. The minimum Gasteiger partial charge on any atom is -0.395 e. The van der Waals surface area contributed by atoms with Gasteiger partial charge in [-0.05, 0) is 44.5 Å². The van der Waals surface area contributed by atoms with Crippen LogP contribution < -0.4 is 10.6 Å². The number of rotatable bonds is 8. The lowest BCUT2D eigenvalue weighted by molar-refractivity contribution is -0.137. The number of hydrogen-bond donors (Lipinski definition) is 4. The van der Waals surface area contributed by atoms with Gasteiger partial charge in [-0.1, -0.05) is 12.1 Å². The van der Waals surface area contributed by atoms with Crippen LogP contribution in [-0.4, -0.2) is 38.5 Å². The van der Waals surface area contributed by atoms with Gasteiger partial charge in [0, 0.05) is 24.0 Å². The molecule has 0 radical (unpaired) electrons. The molecule has 13 heteroatoms. The highest BCUT2D eigenvalue weighted by Gasteiger charge is 2.30. The third-order valence-corrected chi connectivity index (χ3v) is 5.49. The summed E-state index contributed by atoms with van der Waals surface area (Å²) in [5, 5.41) is 14.2. The van der Waals surface area contributed by atoms with Crippen LogP contribution in [0.5, 0.6) is 0 Å². The van der Waals surface area contributed by atoms with E-state index in [9.17, 15) is 36.6 Å². The van der Waals surface area contributed by atoms with Crippen molar-refractivity contribution >= 4 is 17.8 Å². The number of aryl methyl sites for hydroxylation is 1. The summed E-state index contributed by atoms with van der Waals surface area (Å²) >= 11 is 0. The molecule has 198 valence electrons. The number of anilines is 1. The zero-order chi connectivity index (χ0) is 27.5. The second-order valence-corrected chi connectivity index (χ2v) is 8.89. The van der Waals surface area contributed by atoms with E-state index in [0.717, 1.165) is 24.4 Å². The molecule has 4 N–H and O–H groups in total. The fourth-order valence-corrected chi connectivity index (χ4v) is 3.26. The highest BCUT2D eigenvalue weighted by Crippen LogP contribution is 2.32. The molecule has 2 aromatic heterocycles. The maximum absolute atomic E-state index is 13.5. The maximum Gasteiger partial charge on any atom is 0.416 e. The largest absolute Gasteiger partial charge is 0.416 e. The molecule has 3 rings (SSSR count). The lowest BCUT2D eigenvalue weighted by Gasteiger charge is -2.20. The van der Waals surface area contributed by atoms with Crippen molar-refractivity contribution < 1.29 is 36.6 Å². The molecule has 3 aromatic rings. The van der Waals surface area contributed by atoms with E-state index in [1.54, 1.807) is 6.92 Å². The molecule has 0 unspecified atom stereocenters. The molecular formula is C24H24F5N5O3. The highest BCUT2D eigenvalue weighted by molar-refractivity contribution is 6.04. The van der Waals surface area contributed by atoms with E-state index in [4.69, 9.17) is 0 Å². The van der Waals surface area contributed by atoms with Crippen molar-refractivity contribution in [3.63, 3.8) is 0 Å². The molecule has 0 saturated carbocycles. The van der Waals surface area contributed by atoms with E-state index in [1.165, 1.54) is 26.0 Å². The number of nitrogens with zero attached hydrogens (tertiary/aromatic N) is 2. The van der Waals surface area contributed by atoms with Crippen LogP contribution in [0.1, 0.15) is 53.1 Å². The summed E-state index contributed by atoms with van der Waals surface area (Å²) in [7, 11) is 0. The Kier molecular flexibility index (Phi) is 7.96. The molecular weight excluding hydrogens is 501 g/mol. The summed E-state index contributed by atoms with van der Waals surface area (Å²) in [5.41, 5.74) is -1.84. The number of benzene rings is 1. The van der Waals surface area contributed by atoms with E-state index >= 15 is 0 Å². The monoisotopic (exact) mass is 525 g/mol. The number of aromatic nitrogens is 3. The Bertz CT molecular complexity index is 1290. The number of alkyl halides is 5. The van der Waals surface area contributed by atoms with Crippen LogP contribution >= 0.6 is 0 Å². The number of aliphatic hydroxyl groups excluding tert-OH is 1. The van der Waals surface area contributed by atoms with Gasteiger partial charge in [0.2, 0.25) is 11.9 Å². The van der Waals surface area contributed by atoms with Crippen LogP contribution in [-0.2, 0) is 17.5 Å². The second kappa shape index (κ2) is 10.6. The Hall–Kier alpha value is -3.87. The molecule has 37 heavy (non-hydrogen) atoms. The first-order chi connectivity index (χ1) is 17.2. The van der Waals surface area contributed by atoms with Gasteiger partial charge < -0.3 is 15.4 Å². The van der Waals surface area contributed by atoms with Crippen molar-refractivity contribution in [1.29, 1.82) is 0 Å². The van der Waals surface area contributed by atoms with E-state index < -0.39 is 53.3 Å². The van der Waals surface area contributed by atoms with Gasteiger partial charge in [-0.15, -0.1) is 0 Å². The van der Waals surface area contributed by atoms with Crippen molar-refractivity contribution in [3.05, 3.63) is 64.6 Å². The van der Waals surface area contributed by atoms with Gasteiger partial charge in [0.25, 0.3) is 12.3 Å². The number of carbonyl (C=O) groups excluding carboxylic acids is 2. The first-order valence-corrected chi connectivity index (χ1v) is 10.9. The molecule has 8 nitrogen and oxygen atoms in total. The summed E-state index contributed by atoms with van der Waals surface area (Å²) in [4.78, 5) is 35.6. The van der Waals surface area contributed by atoms with Gasteiger partial charge in [-0.3, -0.25) is 19.9 Å². The number of pyridine rings is 1. The Morgan fingerprint density at radius 3 is 2.35 bits per heavy atom. The minimum atomic E-state index is -4.50. The fraction of sp³-hybridized carbons (Fsp3) is 0.333. The Labute approximate surface area is 208 Å². The third-order valence-electron chi connectivity index (χ3n) is 5.49. The molecule has 0 saturated heterocycles. The average molecular weight is 525 g/mol. The molecule has 0 fully saturated rings. The molecule has 0 aliphatic heterocycles. The SMILES string of the molecule is Cc1[nH]c(NC(=O)c2cc(CNC(=O)C(C)(C)CO)cnc2C(F)F)nc1-c1ccc(C(F)(F)F)cc1. The highest BCUT2D eigenvalue weighted by atomic mass is 19.4. The van der Waals surface area contributed by atoms with E-state index in [2.05, 4.69) is 25.6 Å². The smallest absolute Gasteiger partial charge is 0.395 e. The van der Waals surface area contributed by atoms with E-state index in [-0.39, 0.29) is 23.8 Å². The predicted molar refractivity (Wildman–Crippen MR) is 124 cm³/mol. The summed E-state index contributed by atoms with van der Waals surface area (Å²) < 4.78 is 65.6. The first kappa shape index (κ1) is 27.7. The molecule has 0 spiro atoms. The van der Waals surface area contributed by atoms with Crippen molar-refractivity contribution in [1.82, 2.24) is 20.3 Å². The first-order valence-electron chi connectivity index (χ1n) is 10.9. The number of halogens is 5. The number of amides is 2. The van der Waals surface area contributed by atoms with Crippen LogP contribution in [0, 0.1) is 12.3 Å². The summed E-state index contributed by atoms with van der Waals surface area (Å²) in [5.74, 6) is -1.55. The topological polar surface area (TPSA) is 120 Å². The van der Waals surface area contributed by atoms with Gasteiger partial charge in [-0.2, -0.15) is 13.2 Å². The average Bonchev–Trinajstić information content (AvgIpc) is 3.21. The van der Waals surface area contributed by atoms with Crippen molar-refractivity contribution in [2.75, 3.05) is 11.9 Å². The lowest BCUT2D eigenvalue weighted by atomic mass is 9.94. The number of hydrogen-bond acceptors (Lipinski definition) is 5. The summed E-state index contributed by atoms with van der Waals surface area (Å²) in [6.45, 7) is 4.08. The van der Waals surface area contributed by atoms with Crippen LogP contribution in [0.25, 0.3) is 11.3 Å². The predicted octanol–water partition coefficient (Wildman–Crippen LogP) is 4.62. The van der Waals surface area contributed by atoms with Gasteiger partial charge in [0.15, 0.2) is 0 Å². The summed E-state index contributed by atoms with van der Waals surface area (Å²) in [6.07, 6.45) is -6.47. The lowest BCUT2D eigenvalue weighted by Crippen LogP contribution is -2.39. The van der Waals surface area contributed by atoms with Gasteiger partial charge >= 0.3 is 6.18 Å². The zero-order valence-electron chi connectivity index (χ0n) is 20.0. The van der Waals surface area contributed by atoms with Crippen LogP contribution in [0.15, 0.2) is 36.5 Å². The zero-order valence-corrected chi connectivity index (χ0v) is 20.0. The quantitative estimate of drug-likeness (QED) is 0.320. The van der Waals surface area contributed by atoms with Crippen molar-refractivity contribution in [3.8, 4) is 11.3 Å². The van der Waals surface area contributed by atoms with Crippen LogP contribution in [0.4, 0.5) is 27.9 Å². The van der Waals surface area contributed by atoms with Gasteiger partial charge in [0.05, 0.1) is 28.8 Å². The van der Waals surface area contributed by atoms with Crippen molar-refractivity contribution in [2.45, 2.75) is 39.9 Å². The van der Waals surface area contributed by atoms with Crippen LogP contribution in [0.3, 0.4) is 0 Å². The molecule has 0 aliphatic rings. The third kappa shape index (κ3) is 6.47. The Balaban J connectivity index is 1.82. The van der Waals surface area contributed by atoms with Crippen LogP contribution in [0.2, 0.25) is 0 Å². The number of imidazole rings is 1. The standard InChI is InChI=1S/C24H24F5N5O3/c1-12-17(14-4-6-15(7-5-14)24(27,28)29)33-22(32-12)34-20(36)16-8-13(9-30-18(16)19(25)26)10-31-21(37)23(2,3)11-35/h4-9,19,35H,10-11H2,1-3H3,(H,31,37)(H2,32,33,34,36). The Morgan fingerprint density at radius 2 is 1.78 bits per heavy atom. The number of nitrogens with one attached hydrogen (secondary N) is 3. The number of H-pyrrole nitrogens is 1. The molecule has 0 aliphatic carbocycles. The van der Waals surface area contributed by atoms with Gasteiger partial charge in [0.1, 0.15) is 5.69 Å².